The number of alkyl carbamates (subject to hydrolysis) is 1. The van der Waals surface area contributed by atoms with Gasteiger partial charge in [0.2, 0.25) is 5.91 Å². The Bertz CT molecular complexity index is 1730. The Balaban J connectivity index is 1.59. The number of esters is 1. The second kappa shape index (κ2) is 18.8. The topological polar surface area (TPSA) is 216 Å². The van der Waals surface area contributed by atoms with Gasteiger partial charge in [0.25, 0.3) is 0 Å². The van der Waals surface area contributed by atoms with Gasteiger partial charge in [-0.1, -0.05) is 38.9 Å². The molecule has 330 valence electrons. The average Bonchev–Trinajstić information content (AvgIpc) is 3.52. The van der Waals surface area contributed by atoms with E-state index in [1.54, 1.807) is 32.9 Å². The Labute approximate surface area is 346 Å². The number of benzene rings is 1. The summed E-state index contributed by atoms with van der Waals surface area (Å²) in [6.45, 7) is 14.1. The SMILES string of the molecule is CC[C@H]1OC(=O)[C@H](C)[C@H]2OC/C(=N\OCc3ccc(C(N)=O)cc3OC)CO[C@](C)(C[C@@H](C)C(=O)[C@H](C)[C@H]3NC(=O)O[C@@]31C)[C@H](O[C@@H]1O[C@H](C)C[C@H](N(C)C)[C@H]1O)[C@H]2C. The number of Topliss-reactive ketones (excluding diaryl/α,β-unsaturated/α-hetero) is 1. The average molecular weight is 833 g/mol. The normalized spacial score (nSPS) is 39.2. The molecule has 4 aliphatic heterocycles. The third kappa shape index (κ3) is 9.86. The Morgan fingerprint density at radius 3 is 2.44 bits per heavy atom. The molecule has 1 aromatic carbocycles. The van der Waals surface area contributed by atoms with Crippen molar-refractivity contribution in [3.05, 3.63) is 29.3 Å². The maximum atomic E-state index is 14.5. The zero-order valence-corrected chi connectivity index (χ0v) is 36.2. The number of likely N-dealkylation sites (N-methyl/N-ethyl adjacent to an activating group) is 1. The summed E-state index contributed by atoms with van der Waals surface area (Å²) >= 11 is 0. The summed E-state index contributed by atoms with van der Waals surface area (Å²) in [4.78, 5) is 61.2. The number of oxime groups is 1. The summed E-state index contributed by atoms with van der Waals surface area (Å²) in [5.74, 6) is -3.98. The number of nitrogens with zero attached hydrogens (tertiary/aromatic N) is 2. The predicted octanol–water partition coefficient (Wildman–Crippen LogP) is 3.36. The molecule has 0 saturated carbocycles. The number of aliphatic hydroxyl groups is 1. The first-order valence-electron chi connectivity index (χ1n) is 20.5. The van der Waals surface area contributed by atoms with Crippen LogP contribution in [-0.4, -0.2) is 134 Å². The van der Waals surface area contributed by atoms with Gasteiger partial charge in [0, 0.05) is 34.9 Å². The molecule has 0 spiro atoms. The monoisotopic (exact) mass is 832 g/mol. The highest BCUT2D eigenvalue weighted by Crippen LogP contribution is 2.42. The molecule has 4 N–H and O–H groups in total. The molecule has 2 amide bonds. The first-order chi connectivity index (χ1) is 27.7. The van der Waals surface area contributed by atoms with Crippen LogP contribution in [0.2, 0.25) is 0 Å². The standard InChI is InChI=1S/C42H64N4O13/c1-12-31-42(8)35(44-40(51)59-42)23(4)32(47)21(2)17-41(7)36(58-39-33(48)29(46(9)10)15-22(3)56-39)24(5)34(25(6)38(50)57-31)53-19-28(20-54-41)45-55-18-27-14-13-26(37(43)49)16-30(27)52-11/h13-14,16,21-25,29,31,33-36,39,48H,12,15,17-20H2,1-11H3,(H2,43,49)(H,44,51)/b45-28+/t21-,22-,23+,24+,25-,29+,31-,33-,34+,35-,36-,39+,41-,42-/m1/s1. The molecule has 0 aromatic heterocycles. The number of ketones is 1. The van der Waals surface area contributed by atoms with E-state index in [1.165, 1.54) is 13.2 Å². The van der Waals surface area contributed by atoms with Crippen molar-refractivity contribution in [2.45, 2.75) is 141 Å². The van der Waals surface area contributed by atoms with Crippen molar-refractivity contribution < 1.29 is 62.3 Å². The molecule has 17 nitrogen and oxygen atoms in total. The Hall–Kier alpha value is -3.87. The number of hydrogen-bond acceptors (Lipinski definition) is 15. The lowest BCUT2D eigenvalue weighted by Gasteiger charge is -2.48. The van der Waals surface area contributed by atoms with E-state index in [0.29, 0.717) is 29.9 Å². The van der Waals surface area contributed by atoms with Gasteiger partial charge < -0.3 is 59.1 Å². The minimum Gasteiger partial charge on any atom is -0.496 e. The highest BCUT2D eigenvalue weighted by Gasteiger charge is 2.57. The molecule has 1 aromatic rings. The van der Waals surface area contributed by atoms with E-state index in [-0.39, 0.29) is 49.7 Å². The van der Waals surface area contributed by atoms with Crippen molar-refractivity contribution >= 4 is 29.5 Å². The smallest absolute Gasteiger partial charge is 0.408 e. The molecular weight excluding hydrogens is 768 g/mol. The molecule has 0 unspecified atom stereocenters. The fraction of sp³-hybridized carbons (Fsp3) is 0.738. The zero-order chi connectivity index (χ0) is 43.6. The van der Waals surface area contributed by atoms with Crippen LogP contribution in [0.4, 0.5) is 4.79 Å². The molecule has 4 aliphatic rings. The third-order valence-corrected chi connectivity index (χ3v) is 12.6. The van der Waals surface area contributed by atoms with E-state index >= 15 is 0 Å². The number of carbonyl (C=O) groups excluding carboxylic acids is 4. The number of ether oxygens (including phenoxy) is 7. The van der Waals surface area contributed by atoms with Crippen molar-refractivity contribution in [3.63, 3.8) is 0 Å². The van der Waals surface area contributed by atoms with Crippen molar-refractivity contribution in [3.8, 4) is 5.75 Å². The lowest BCUT2D eigenvalue weighted by molar-refractivity contribution is -0.302. The number of hydrogen-bond donors (Lipinski definition) is 3. The van der Waals surface area contributed by atoms with Crippen LogP contribution < -0.4 is 15.8 Å². The zero-order valence-electron chi connectivity index (χ0n) is 36.2. The Morgan fingerprint density at radius 1 is 1.08 bits per heavy atom. The molecule has 17 heteroatoms. The quantitative estimate of drug-likeness (QED) is 0.240. The fourth-order valence-electron chi connectivity index (χ4n) is 9.31. The van der Waals surface area contributed by atoms with Gasteiger partial charge in [0.1, 0.15) is 36.1 Å². The van der Waals surface area contributed by atoms with E-state index in [4.69, 9.17) is 43.7 Å². The van der Waals surface area contributed by atoms with Crippen molar-refractivity contribution in [1.29, 1.82) is 0 Å². The van der Waals surface area contributed by atoms with Gasteiger partial charge in [0.15, 0.2) is 11.9 Å². The van der Waals surface area contributed by atoms with E-state index in [0.717, 1.165) is 0 Å². The van der Waals surface area contributed by atoms with E-state index in [2.05, 4.69) is 10.5 Å². The number of rotatable bonds is 9. The second-order valence-electron chi connectivity index (χ2n) is 17.3. The van der Waals surface area contributed by atoms with Gasteiger partial charge in [-0.3, -0.25) is 14.4 Å². The first kappa shape index (κ1) is 46.2. The highest BCUT2D eigenvalue weighted by atomic mass is 16.7. The number of amides is 2. The first-order valence-corrected chi connectivity index (χ1v) is 20.5. The number of carbonyl (C=O) groups is 4. The molecule has 0 radical (unpaired) electrons. The second-order valence-corrected chi connectivity index (χ2v) is 17.3. The summed E-state index contributed by atoms with van der Waals surface area (Å²) in [5, 5.41) is 18.9. The summed E-state index contributed by atoms with van der Waals surface area (Å²) in [5.41, 5.74) is 4.00. The lowest BCUT2D eigenvalue weighted by atomic mass is 9.73. The molecule has 59 heavy (non-hydrogen) atoms. The van der Waals surface area contributed by atoms with Crippen LogP contribution in [0.5, 0.6) is 5.75 Å². The summed E-state index contributed by atoms with van der Waals surface area (Å²) in [6.07, 6.45) is -4.87. The fourth-order valence-corrected chi connectivity index (χ4v) is 9.31. The van der Waals surface area contributed by atoms with Gasteiger partial charge in [-0.2, -0.15) is 0 Å². The van der Waals surface area contributed by atoms with E-state index < -0.39 is 89.6 Å². The minimum absolute atomic E-state index is 0.0419. The number of methoxy groups -OCH3 is 1. The number of cyclic esters (lactones) is 1. The number of nitrogens with one attached hydrogen (secondary N) is 1. The predicted molar refractivity (Wildman–Crippen MR) is 213 cm³/mol. The van der Waals surface area contributed by atoms with Crippen LogP contribution in [0.1, 0.15) is 90.6 Å². The number of fused-ring (bicyclic) bond motifs is 4. The molecule has 14 atom stereocenters. The third-order valence-electron chi connectivity index (χ3n) is 12.6. The summed E-state index contributed by atoms with van der Waals surface area (Å²) in [7, 11) is 5.23. The van der Waals surface area contributed by atoms with Crippen LogP contribution in [-0.2, 0) is 49.5 Å². The van der Waals surface area contributed by atoms with Crippen LogP contribution in [0.15, 0.2) is 23.4 Å². The van der Waals surface area contributed by atoms with Crippen LogP contribution in [0.25, 0.3) is 0 Å². The molecule has 4 fully saturated rings. The molecule has 5 rings (SSSR count). The largest absolute Gasteiger partial charge is 0.496 e. The van der Waals surface area contributed by atoms with Gasteiger partial charge in [-0.25, -0.2) is 4.79 Å². The molecule has 0 aliphatic carbocycles. The van der Waals surface area contributed by atoms with E-state index in [1.807, 2.05) is 53.6 Å². The Kier molecular flexibility index (Phi) is 14.7. The van der Waals surface area contributed by atoms with Gasteiger partial charge in [-0.15, -0.1) is 0 Å². The van der Waals surface area contributed by atoms with Gasteiger partial charge in [0.05, 0.1) is 56.2 Å². The maximum Gasteiger partial charge on any atom is 0.408 e. The van der Waals surface area contributed by atoms with Gasteiger partial charge >= 0.3 is 12.1 Å². The number of nitrogens with two attached hydrogens (primary N) is 1. The van der Waals surface area contributed by atoms with Gasteiger partial charge in [-0.05, 0) is 73.2 Å². The highest BCUT2D eigenvalue weighted by molar-refractivity contribution is 5.93. The molecule has 4 saturated heterocycles. The number of aliphatic hydroxyl groups excluding tert-OH is 1. The maximum absolute atomic E-state index is 14.5. The Morgan fingerprint density at radius 2 is 1.80 bits per heavy atom. The minimum atomic E-state index is -1.35. The molecule has 4 heterocycles. The summed E-state index contributed by atoms with van der Waals surface area (Å²) in [6, 6.07) is 3.65. The van der Waals surface area contributed by atoms with Crippen LogP contribution >= 0.6 is 0 Å². The van der Waals surface area contributed by atoms with Crippen molar-refractivity contribution in [1.82, 2.24) is 10.2 Å². The molecular formula is C42H64N4O13. The van der Waals surface area contributed by atoms with Crippen LogP contribution in [0, 0.1) is 23.7 Å². The lowest BCUT2D eigenvalue weighted by Crippen LogP contribution is -2.60. The summed E-state index contributed by atoms with van der Waals surface area (Å²) < 4.78 is 44.1. The van der Waals surface area contributed by atoms with Crippen LogP contribution in [0.3, 0.4) is 0 Å². The van der Waals surface area contributed by atoms with Crippen molar-refractivity contribution in [2.75, 3.05) is 34.4 Å². The van der Waals surface area contributed by atoms with Crippen molar-refractivity contribution in [2.24, 2.45) is 34.6 Å². The molecule has 2 bridgehead atoms. The van der Waals surface area contributed by atoms with E-state index in [9.17, 15) is 24.3 Å². The number of primary amides is 1.